The van der Waals surface area contributed by atoms with E-state index in [1.54, 1.807) is 12.3 Å². The second-order valence-electron chi connectivity index (χ2n) is 6.38. The number of halogens is 2. The second-order valence-corrected chi connectivity index (χ2v) is 6.38. The fourth-order valence-corrected chi connectivity index (χ4v) is 3.16. The van der Waals surface area contributed by atoms with E-state index in [1.165, 1.54) is 6.07 Å². The van der Waals surface area contributed by atoms with Crippen molar-refractivity contribution in [1.82, 2.24) is 14.9 Å². The van der Waals surface area contributed by atoms with Crippen LogP contribution in [0, 0.1) is 17.6 Å². The lowest BCUT2D eigenvalue weighted by molar-refractivity contribution is -0.137. The van der Waals surface area contributed by atoms with Gasteiger partial charge in [-0.3, -0.25) is 4.79 Å². The maximum Gasteiger partial charge on any atom is 0.229 e. The van der Waals surface area contributed by atoms with E-state index in [4.69, 9.17) is 0 Å². The molecule has 0 aliphatic carbocycles. The zero-order chi connectivity index (χ0) is 18.0. The Bertz CT molecular complexity index is 787. The molecule has 2 atom stereocenters. The normalized spacial score (nSPS) is 18.8. The van der Waals surface area contributed by atoms with Crippen LogP contribution in [0.15, 0.2) is 37.1 Å². The number of imidazole rings is 1. The summed E-state index contributed by atoms with van der Waals surface area (Å²) in [4.78, 5) is 22.0. The third-order valence-corrected chi connectivity index (χ3v) is 4.67. The molecule has 1 amide bonds. The first-order valence-corrected chi connectivity index (χ1v) is 8.44. The summed E-state index contributed by atoms with van der Waals surface area (Å²) in [6, 6.07) is 3.59. The number of H-pyrrole nitrogens is 1. The lowest BCUT2D eigenvalue weighted by Gasteiger charge is -2.35. The van der Waals surface area contributed by atoms with Crippen LogP contribution < -0.4 is 0 Å². The summed E-state index contributed by atoms with van der Waals surface area (Å²) in [6.45, 7) is 6.21. The first-order chi connectivity index (χ1) is 12.0. The van der Waals surface area contributed by atoms with E-state index < -0.39 is 11.6 Å². The molecule has 25 heavy (non-hydrogen) atoms. The van der Waals surface area contributed by atoms with Crippen LogP contribution in [0.3, 0.4) is 0 Å². The Balaban J connectivity index is 1.87. The van der Waals surface area contributed by atoms with Gasteiger partial charge in [-0.1, -0.05) is 13.0 Å². The van der Waals surface area contributed by atoms with Crippen molar-refractivity contribution >= 4 is 5.91 Å². The summed E-state index contributed by atoms with van der Waals surface area (Å²) in [7, 11) is 0. The third kappa shape index (κ3) is 3.48. The van der Waals surface area contributed by atoms with Crippen LogP contribution in [-0.2, 0) is 4.79 Å². The number of carbonyl (C=O) groups is 1. The Morgan fingerprint density at radius 2 is 2.20 bits per heavy atom. The predicted octanol–water partition coefficient (Wildman–Crippen LogP) is 4.23. The molecule has 3 rings (SSSR count). The smallest absolute Gasteiger partial charge is 0.229 e. The van der Waals surface area contributed by atoms with Gasteiger partial charge >= 0.3 is 0 Å². The number of likely N-dealkylation sites (tertiary alicyclic amines) is 1. The van der Waals surface area contributed by atoms with E-state index in [0.717, 1.165) is 31.4 Å². The fourth-order valence-electron chi connectivity index (χ4n) is 3.16. The summed E-state index contributed by atoms with van der Waals surface area (Å²) in [5.74, 6) is -1.33. The summed E-state index contributed by atoms with van der Waals surface area (Å²) >= 11 is 0. The Labute approximate surface area is 145 Å². The summed E-state index contributed by atoms with van der Waals surface area (Å²) in [5.41, 5.74) is 1.12. The number of aromatic nitrogens is 2. The van der Waals surface area contributed by atoms with Crippen molar-refractivity contribution in [2.45, 2.75) is 32.2 Å². The summed E-state index contributed by atoms with van der Waals surface area (Å²) in [6.07, 6.45) is 6.03. The van der Waals surface area contributed by atoms with E-state index in [9.17, 15) is 13.6 Å². The van der Waals surface area contributed by atoms with E-state index in [0.29, 0.717) is 23.6 Å². The average Bonchev–Trinajstić information content (AvgIpc) is 3.12. The molecular formula is C19H21F2N3O. The molecule has 0 saturated carbocycles. The van der Waals surface area contributed by atoms with Crippen LogP contribution in [0.2, 0.25) is 0 Å². The van der Waals surface area contributed by atoms with Crippen molar-refractivity contribution in [3.05, 3.63) is 54.5 Å². The number of hydrogen-bond acceptors (Lipinski definition) is 2. The minimum absolute atomic E-state index is 0.0328. The minimum Gasteiger partial charge on any atom is -0.340 e. The average molecular weight is 345 g/mol. The highest BCUT2D eigenvalue weighted by Crippen LogP contribution is 2.32. The van der Waals surface area contributed by atoms with Crippen molar-refractivity contribution in [2.24, 2.45) is 5.92 Å². The SMILES string of the molecule is C=CC(C)C(=O)N1CCCCC1c1ncc(-c2ccc(F)c(F)c2)[nH]1. The van der Waals surface area contributed by atoms with Crippen LogP contribution in [0.1, 0.15) is 38.1 Å². The minimum atomic E-state index is -0.900. The lowest BCUT2D eigenvalue weighted by Crippen LogP contribution is -2.41. The van der Waals surface area contributed by atoms with Crippen molar-refractivity contribution in [2.75, 3.05) is 6.54 Å². The van der Waals surface area contributed by atoms with Crippen LogP contribution in [0.5, 0.6) is 0 Å². The molecule has 0 spiro atoms. The monoisotopic (exact) mass is 345 g/mol. The predicted molar refractivity (Wildman–Crippen MR) is 91.6 cm³/mol. The zero-order valence-corrected chi connectivity index (χ0v) is 14.1. The van der Waals surface area contributed by atoms with Crippen molar-refractivity contribution < 1.29 is 13.6 Å². The molecule has 1 aromatic carbocycles. The van der Waals surface area contributed by atoms with Gasteiger partial charge in [-0.15, -0.1) is 6.58 Å². The number of amides is 1. The molecule has 0 radical (unpaired) electrons. The largest absolute Gasteiger partial charge is 0.340 e. The van der Waals surface area contributed by atoms with Crippen LogP contribution in [-0.4, -0.2) is 27.3 Å². The van der Waals surface area contributed by atoms with Gasteiger partial charge in [0, 0.05) is 12.1 Å². The highest BCUT2D eigenvalue weighted by atomic mass is 19.2. The molecule has 1 aliphatic rings. The first-order valence-electron chi connectivity index (χ1n) is 8.44. The second kappa shape index (κ2) is 7.17. The molecule has 6 heteroatoms. The maximum absolute atomic E-state index is 13.5. The van der Waals surface area contributed by atoms with Crippen LogP contribution >= 0.6 is 0 Å². The zero-order valence-electron chi connectivity index (χ0n) is 14.1. The number of benzene rings is 1. The Hall–Kier alpha value is -2.50. The number of carbonyl (C=O) groups excluding carboxylic acids is 1. The topological polar surface area (TPSA) is 49.0 Å². The Morgan fingerprint density at radius 1 is 1.40 bits per heavy atom. The molecule has 2 unspecified atom stereocenters. The molecular weight excluding hydrogens is 324 g/mol. The molecule has 1 N–H and O–H groups in total. The first kappa shape index (κ1) is 17.3. The van der Waals surface area contributed by atoms with Gasteiger partial charge in [0.05, 0.1) is 23.9 Å². The third-order valence-electron chi connectivity index (χ3n) is 4.67. The highest BCUT2D eigenvalue weighted by molar-refractivity contribution is 5.80. The molecule has 1 aliphatic heterocycles. The van der Waals surface area contributed by atoms with Gasteiger partial charge in [-0.05, 0) is 37.5 Å². The lowest BCUT2D eigenvalue weighted by atomic mass is 9.99. The number of piperidine rings is 1. The fraction of sp³-hybridized carbons (Fsp3) is 0.368. The molecule has 4 nitrogen and oxygen atoms in total. The Kier molecular flexibility index (Phi) is 4.97. The van der Waals surface area contributed by atoms with E-state index >= 15 is 0 Å². The van der Waals surface area contributed by atoms with Gasteiger partial charge < -0.3 is 9.88 Å². The van der Waals surface area contributed by atoms with E-state index in [1.807, 2.05) is 11.8 Å². The number of aromatic amines is 1. The van der Waals surface area contributed by atoms with E-state index in [2.05, 4.69) is 16.5 Å². The van der Waals surface area contributed by atoms with Crippen LogP contribution in [0.4, 0.5) is 8.78 Å². The van der Waals surface area contributed by atoms with Crippen molar-refractivity contribution in [3.63, 3.8) is 0 Å². The number of nitrogens with one attached hydrogen (secondary N) is 1. The number of nitrogens with zero attached hydrogens (tertiary/aromatic N) is 2. The molecule has 1 saturated heterocycles. The molecule has 132 valence electrons. The molecule has 1 aromatic heterocycles. The van der Waals surface area contributed by atoms with Gasteiger partial charge in [-0.25, -0.2) is 13.8 Å². The van der Waals surface area contributed by atoms with Crippen LogP contribution in [0.25, 0.3) is 11.3 Å². The quantitative estimate of drug-likeness (QED) is 0.843. The van der Waals surface area contributed by atoms with E-state index in [-0.39, 0.29) is 17.9 Å². The Morgan fingerprint density at radius 3 is 2.92 bits per heavy atom. The molecule has 0 bridgehead atoms. The number of hydrogen-bond donors (Lipinski definition) is 1. The highest BCUT2D eigenvalue weighted by Gasteiger charge is 2.31. The summed E-state index contributed by atoms with van der Waals surface area (Å²) < 4.78 is 26.6. The molecule has 2 heterocycles. The standard InChI is InChI=1S/C19H21F2N3O/c1-3-12(2)19(25)24-9-5-4-6-17(24)18-22-11-16(23-18)13-7-8-14(20)15(21)10-13/h3,7-8,10-12,17H,1,4-6,9H2,2H3,(H,22,23). The molecule has 1 fully saturated rings. The van der Waals surface area contributed by atoms with Gasteiger partial charge in [0.25, 0.3) is 0 Å². The van der Waals surface area contributed by atoms with Crippen molar-refractivity contribution in [1.29, 1.82) is 0 Å². The number of rotatable bonds is 4. The van der Waals surface area contributed by atoms with Gasteiger partial charge in [0.1, 0.15) is 5.82 Å². The summed E-state index contributed by atoms with van der Waals surface area (Å²) in [5, 5.41) is 0. The van der Waals surface area contributed by atoms with Gasteiger partial charge in [0.15, 0.2) is 11.6 Å². The van der Waals surface area contributed by atoms with Gasteiger partial charge in [-0.2, -0.15) is 0 Å². The van der Waals surface area contributed by atoms with Gasteiger partial charge in [0.2, 0.25) is 5.91 Å². The molecule has 2 aromatic rings. The maximum atomic E-state index is 13.5. The van der Waals surface area contributed by atoms with Crippen molar-refractivity contribution in [3.8, 4) is 11.3 Å².